The fraction of sp³-hybridized carbons (Fsp3) is 0.286. The topological polar surface area (TPSA) is 101 Å². The van der Waals surface area contributed by atoms with Gasteiger partial charge in [-0.15, -0.1) is 10.2 Å². The number of hydrogen-bond donors (Lipinski definition) is 2. The highest BCUT2D eigenvalue weighted by Crippen LogP contribution is 2.28. The molecule has 0 fully saturated rings. The van der Waals surface area contributed by atoms with Crippen LogP contribution in [0.15, 0.2) is 34.3 Å². The zero-order valence-corrected chi connectivity index (χ0v) is 12.5. The van der Waals surface area contributed by atoms with E-state index in [1.807, 2.05) is 26.0 Å². The van der Waals surface area contributed by atoms with Crippen LogP contribution in [0.2, 0.25) is 0 Å². The predicted molar refractivity (Wildman–Crippen MR) is 82.6 cm³/mol. The highest BCUT2D eigenvalue weighted by Gasteiger charge is 2.06. The van der Waals surface area contributed by atoms with E-state index in [1.165, 1.54) is 0 Å². The monoisotopic (exact) mass is 303 g/mol. The molecular weight excluding hydrogens is 286 g/mol. The van der Waals surface area contributed by atoms with Gasteiger partial charge in [0.1, 0.15) is 6.20 Å². The van der Waals surface area contributed by atoms with E-state index >= 15 is 0 Å². The van der Waals surface area contributed by atoms with Crippen LogP contribution in [-0.4, -0.2) is 34.6 Å². The van der Waals surface area contributed by atoms with Crippen LogP contribution in [0.1, 0.15) is 19.4 Å². The van der Waals surface area contributed by atoms with E-state index in [1.54, 1.807) is 19.4 Å². The molecule has 22 heavy (non-hydrogen) atoms. The molecule has 0 spiro atoms. The molecule has 0 aliphatic rings. The van der Waals surface area contributed by atoms with Crippen molar-refractivity contribution in [2.24, 2.45) is 5.10 Å². The minimum atomic E-state index is -0.357. The third-order valence-corrected chi connectivity index (χ3v) is 2.51. The molecule has 1 heterocycles. The zero-order valence-electron chi connectivity index (χ0n) is 12.5. The van der Waals surface area contributed by atoms with Crippen molar-refractivity contribution in [3.05, 3.63) is 40.3 Å². The summed E-state index contributed by atoms with van der Waals surface area (Å²) < 4.78 is 10.9. The summed E-state index contributed by atoms with van der Waals surface area (Å²) in [7, 11) is 1.59. The van der Waals surface area contributed by atoms with Crippen LogP contribution in [0.5, 0.6) is 11.5 Å². The van der Waals surface area contributed by atoms with Crippen LogP contribution in [0.25, 0.3) is 0 Å². The van der Waals surface area contributed by atoms with Gasteiger partial charge in [-0.3, -0.25) is 9.78 Å². The second kappa shape index (κ2) is 7.21. The lowest BCUT2D eigenvalue weighted by molar-refractivity contribution is 0.230. The summed E-state index contributed by atoms with van der Waals surface area (Å²) in [5.41, 5.74) is 3.04. The largest absolute Gasteiger partial charge is 0.493 e. The fourth-order valence-corrected chi connectivity index (χ4v) is 1.65. The van der Waals surface area contributed by atoms with Gasteiger partial charge in [-0.25, -0.2) is 5.43 Å². The number of aromatic amines is 1. The number of methoxy groups -OCH3 is 1. The first kappa shape index (κ1) is 15.5. The first-order chi connectivity index (χ1) is 10.6. The Morgan fingerprint density at radius 3 is 2.86 bits per heavy atom. The number of hydrazone groups is 1. The molecule has 116 valence electrons. The second-order valence-electron chi connectivity index (χ2n) is 4.63. The molecule has 8 nitrogen and oxygen atoms in total. The van der Waals surface area contributed by atoms with Crippen LogP contribution < -0.4 is 20.5 Å². The van der Waals surface area contributed by atoms with Gasteiger partial charge in [0.05, 0.1) is 19.4 Å². The Hall–Kier alpha value is -2.90. The average Bonchev–Trinajstić information content (AvgIpc) is 2.47. The summed E-state index contributed by atoms with van der Waals surface area (Å²) >= 11 is 0. The third kappa shape index (κ3) is 4.30. The fourth-order valence-electron chi connectivity index (χ4n) is 1.65. The highest BCUT2D eigenvalue weighted by molar-refractivity contribution is 5.81. The summed E-state index contributed by atoms with van der Waals surface area (Å²) in [6.07, 6.45) is 2.68. The smallest absolute Gasteiger partial charge is 0.271 e. The third-order valence-electron chi connectivity index (χ3n) is 2.51. The van der Waals surface area contributed by atoms with Crippen LogP contribution in [0.3, 0.4) is 0 Å². The molecule has 2 aromatic rings. The first-order valence-electron chi connectivity index (χ1n) is 6.64. The molecule has 0 saturated carbocycles. The van der Waals surface area contributed by atoms with E-state index < -0.39 is 0 Å². The lowest BCUT2D eigenvalue weighted by atomic mass is 10.2. The van der Waals surface area contributed by atoms with Crippen molar-refractivity contribution in [3.8, 4) is 11.5 Å². The molecule has 8 heteroatoms. The van der Waals surface area contributed by atoms with Gasteiger partial charge >= 0.3 is 0 Å². The summed E-state index contributed by atoms with van der Waals surface area (Å²) in [6.45, 7) is 3.87. The Labute approximate surface area is 127 Å². The van der Waals surface area contributed by atoms with Gasteiger partial charge in [-0.1, -0.05) is 0 Å². The van der Waals surface area contributed by atoms with Crippen molar-refractivity contribution in [2.75, 3.05) is 12.5 Å². The number of nitrogens with one attached hydrogen (secondary N) is 2. The van der Waals surface area contributed by atoms with Crippen molar-refractivity contribution >= 4 is 12.2 Å². The number of rotatable bonds is 6. The Balaban J connectivity index is 2.12. The van der Waals surface area contributed by atoms with Crippen LogP contribution in [0, 0.1) is 0 Å². The average molecular weight is 303 g/mol. The van der Waals surface area contributed by atoms with Gasteiger partial charge in [-0.05, 0) is 37.6 Å². The number of nitrogens with zero attached hydrogens (tertiary/aromatic N) is 3. The zero-order chi connectivity index (χ0) is 15.9. The van der Waals surface area contributed by atoms with Gasteiger partial charge < -0.3 is 9.47 Å². The lowest BCUT2D eigenvalue weighted by Crippen LogP contribution is -2.10. The van der Waals surface area contributed by atoms with Crippen molar-refractivity contribution in [3.63, 3.8) is 0 Å². The van der Waals surface area contributed by atoms with Crippen molar-refractivity contribution < 1.29 is 9.47 Å². The maximum atomic E-state index is 11.1. The van der Waals surface area contributed by atoms with Gasteiger partial charge in [-0.2, -0.15) is 5.10 Å². The second-order valence-corrected chi connectivity index (χ2v) is 4.63. The molecular formula is C14H17N5O3. The molecule has 2 rings (SSSR count). The number of benzene rings is 1. The molecule has 0 aliphatic carbocycles. The van der Waals surface area contributed by atoms with Gasteiger partial charge in [0.15, 0.2) is 11.5 Å². The molecule has 0 amide bonds. The number of aromatic nitrogens is 3. The van der Waals surface area contributed by atoms with Crippen LogP contribution >= 0.6 is 0 Å². The maximum absolute atomic E-state index is 11.1. The molecule has 1 aromatic carbocycles. The highest BCUT2D eigenvalue weighted by atomic mass is 16.5. The minimum Gasteiger partial charge on any atom is -0.493 e. The standard InChI is InChI=1S/C14H17N5O3/c1-9(2)22-12-6-10(4-5-11(12)21-3)7-15-18-14-17-13(20)8-16-19-14/h4-9H,1-3H3,(H2,17,18,19,20)/b15-7+. The van der Waals surface area contributed by atoms with E-state index in [0.717, 1.165) is 11.8 Å². The van der Waals surface area contributed by atoms with E-state index in [4.69, 9.17) is 9.47 Å². The lowest BCUT2D eigenvalue weighted by Gasteiger charge is -2.13. The van der Waals surface area contributed by atoms with Crippen molar-refractivity contribution in [1.82, 2.24) is 15.2 Å². The Morgan fingerprint density at radius 2 is 2.18 bits per heavy atom. The molecule has 1 aromatic heterocycles. The maximum Gasteiger partial charge on any atom is 0.271 e. The van der Waals surface area contributed by atoms with Gasteiger partial charge in [0.2, 0.25) is 5.95 Å². The molecule has 2 N–H and O–H groups in total. The molecule has 0 saturated heterocycles. The quantitative estimate of drug-likeness (QED) is 0.618. The van der Waals surface area contributed by atoms with E-state index in [0.29, 0.717) is 11.5 Å². The molecule has 0 atom stereocenters. The molecule has 0 bridgehead atoms. The summed E-state index contributed by atoms with van der Waals surface area (Å²) in [4.78, 5) is 13.5. The number of anilines is 1. The summed E-state index contributed by atoms with van der Waals surface area (Å²) in [5, 5.41) is 11.2. The molecule has 0 aliphatic heterocycles. The normalized spacial score (nSPS) is 10.9. The number of hydrogen-bond acceptors (Lipinski definition) is 7. The SMILES string of the molecule is COc1ccc(/C=N/Nc2nncc(=O)[nH]2)cc1OC(C)C. The Morgan fingerprint density at radius 1 is 1.36 bits per heavy atom. The molecule has 0 unspecified atom stereocenters. The molecule has 0 radical (unpaired) electrons. The minimum absolute atomic E-state index is 0.0314. The Bertz CT molecular complexity index is 712. The predicted octanol–water partition coefficient (Wildman–Crippen LogP) is 1.41. The Kier molecular flexibility index (Phi) is 5.07. The van der Waals surface area contributed by atoms with Crippen molar-refractivity contribution in [1.29, 1.82) is 0 Å². The first-order valence-corrected chi connectivity index (χ1v) is 6.64. The van der Waals surface area contributed by atoms with Crippen LogP contribution in [0.4, 0.5) is 5.95 Å². The van der Waals surface area contributed by atoms with Crippen LogP contribution in [-0.2, 0) is 0 Å². The van der Waals surface area contributed by atoms with Crippen molar-refractivity contribution in [2.45, 2.75) is 20.0 Å². The van der Waals surface area contributed by atoms with Gasteiger partial charge in [0, 0.05) is 0 Å². The number of ether oxygens (including phenoxy) is 2. The summed E-state index contributed by atoms with van der Waals surface area (Å²) in [5.74, 6) is 1.45. The van der Waals surface area contributed by atoms with Gasteiger partial charge in [0.25, 0.3) is 5.56 Å². The van der Waals surface area contributed by atoms with E-state index in [2.05, 4.69) is 25.7 Å². The van der Waals surface area contributed by atoms with E-state index in [9.17, 15) is 4.79 Å². The van der Waals surface area contributed by atoms with E-state index in [-0.39, 0.29) is 17.6 Å². The number of H-pyrrole nitrogens is 1. The summed E-state index contributed by atoms with van der Waals surface area (Å²) in [6, 6.07) is 5.43.